The van der Waals surface area contributed by atoms with Gasteiger partial charge in [-0.05, 0) is 6.92 Å². The lowest BCUT2D eigenvalue weighted by Gasteiger charge is -2.12. The van der Waals surface area contributed by atoms with Gasteiger partial charge < -0.3 is 5.32 Å². The van der Waals surface area contributed by atoms with Crippen molar-refractivity contribution in [2.24, 2.45) is 14.1 Å². The van der Waals surface area contributed by atoms with Crippen LogP contribution >= 0.6 is 0 Å². The molecular weight excluding hydrogens is 238 g/mol. The summed E-state index contributed by atoms with van der Waals surface area (Å²) in [6, 6.07) is -0.273. The summed E-state index contributed by atoms with van der Waals surface area (Å²) in [4.78, 5) is 27.3. The lowest BCUT2D eigenvalue weighted by atomic mass is 10.3. The Bertz CT molecular complexity index is 655. The maximum atomic E-state index is 11.8. The summed E-state index contributed by atoms with van der Waals surface area (Å²) in [6.45, 7) is 1.80. The highest BCUT2D eigenvalue weighted by atomic mass is 16.2. The van der Waals surface area contributed by atoms with Crippen LogP contribution in [0.5, 0.6) is 0 Å². The second-order valence-electron chi connectivity index (χ2n) is 3.86. The first kappa shape index (κ1) is 12.0. The van der Waals surface area contributed by atoms with Gasteiger partial charge >= 0.3 is 5.69 Å². The van der Waals surface area contributed by atoms with Gasteiger partial charge in [-0.2, -0.15) is 5.10 Å². The minimum absolute atomic E-state index is 0.0866. The number of hydrogen-bond donors (Lipinski definition) is 2. The molecule has 2 rings (SSSR count). The zero-order chi connectivity index (χ0) is 13.3. The molecule has 0 aliphatic carbocycles. The van der Waals surface area contributed by atoms with Gasteiger partial charge in [0.2, 0.25) is 5.82 Å². The first-order valence-corrected chi connectivity index (χ1v) is 5.27. The molecular formula is C9H13N7O2. The summed E-state index contributed by atoms with van der Waals surface area (Å²) >= 11 is 0. The van der Waals surface area contributed by atoms with Gasteiger partial charge in [0.15, 0.2) is 0 Å². The zero-order valence-corrected chi connectivity index (χ0v) is 10.2. The number of hydrogen-bond acceptors (Lipinski definition) is 6. The van der Waals surface area contributed by atoms with Crippen molar-refractivity contribution in [2.75, 3.05) is 5.32 Å². The van der Waals surface area contributed by atoms with Crippen molar-refractivity contribution in [2.45, 2.75) is 13.0 Å². The molecule has 0 saturated heterocycles. The summed E-state index contributed by atoms with van der Waals surface area (Å²) in [5.41, 5.74) is -0.956. The molecule has 0 saturated carbocycles. The van der Waals surface area contributed by atoms with E-state index in [4.69, 9.17) is 0 Å². The predicted octanol–water partition coefficient (Wildman–Crippen LogP) is -1.23. The van der Waals surface area contributed by atoms with E-state index in [9.17, 15) is 9.59 Å². The Morgan fingerprint density at radius 2 is 2.11 bits per heavy atom. The van der Waals surface area contributed by atoms with E-state index >= 15 is 0 Å². The quantitative estimate of drug-likeness (QED) is 0.706. The van der Waals surface area contributed by atoms with Crippen LogP contribution in [0.1, 0.15) is 18.8 Å². The van der Waals surface area contributed by atoms with Crippen molar-refractivity contribution in [3.05, 3.63) is 33.0 Å². The highest BCUT2D eigenvalue weighted by Crippen LogP contribution is 2.09. The normalized spacial score (nSPS) is 12.4. The predicted molar refractivity (Wildman–Crippen MR) is 63.1 cm³/mol. The average Bonchev–Trinajstić information content (AvgIpc) is 2.87. The number of anilines is 1. The first-order chi connectivity index (χ1) is 8.50. The molecule has 9 heteroatoms. The zero-order valence-electron chi connectivity index (χ0n) is 10.2. The summed E-state index contributed by atoms with van der Waals surface area (Å²) < 4.78 is 2.08. The molecule has 18 heavy (non-hydrogen) atoms. The number of aromatic amines is 1. The standard InChI is InChI=1S/C9H13N7O2/c1-5(6-10-4-11-13-6)12-7-8(17)15(2)9(18)16(3)14-7/h4-5H,1-3H3,(H,12,14)(H,10,11,13). The third kappa shape index (κ3) is 2.01. The van der Waals surface area contributed by atoms with Gasteiger partial charge in [0.1, 0.15) is 12.2 Å². The second kappa shape index (κ2) is 4.43. The number of H-pyrrole nitrogens is 1. The van der Waals surface area contributed by atoms with Crippen LogP contribution in [-0.4, -0.2) is 29.5 Å². The van der Waals surface area contributed by atoms with Crippen LogP contribution in [0.4, 0.5) is 5.82 Å². The van der Waals surface area contributed by atoms with E-state index in [1.54, 1.807) is 6.92 Å². The van der Waals surface area contributed by atoms with E-state index in [-0.39, 0.29) is 11.9 Å². The first-order valence-electron chi connectivity index (χ1n) is 5.27. The van der Waals surface area contributed by atoms with Crippen LogP contribution in [0.15, 0.2) is 15.9 Å². The third-order valence-electron chi connectivity index (χ3n) is 2.52. The van der Waals surface area contributed by atoms with E-state index < -0.39 is 11.2 Å². The minimum Gasteiger partial charge on any atom is -0.354 e. The molecule has 0 amide bonds. The molecule has 2 heterocycles. The number of aromatic nitrogens is 6. The molecule has 2 N–H and O–H groups in total. The molecule has 2 aromatic rings. The van der Waals surface area contributed by atoms with E-state index in [1.807, 2.05) is 0 Å². The summed E-state index contributed by atoms with van der Waals surface area (Å²) in [5.74, 6) is 0.663. The molecule has 2 aromatic heterocycles. The van der Waals surface area contributed by atoms with Crippen LogP contribution in [-0.2, 0) is 14.1 Å². The molecule has 0 bridgehead atoms. The maximum Gasteiger partial charge on any atom is 0.346 e. The fourth-order valence-corrected chi connectivity index (χ4v) is 1.49. The number of aryl methyl sites for hydroxylation is 1. The van der Waals surface area contributed by atoms with Crippen molar-refractivity contribution >= 4 is 5.82 Å². The highest BCUT2D eigenvalue weighted by Gasteiger charge is 2.14. The lowest BCUT2D eigenvalue weighted by molar-refractivity contribution is 0.599. The van der Waals surface area contributed by atoms with E-state index in [0.717, 1.165) is 9.25 Å². The highest BCUT2D eigenvalue weighted by molar-refractivity contribution is 5.31. The Morgan fingerprint density at radius 3 is 2.72 bits per heavy atom. The molecule has 0 spiro atoms. The van der Waals surface area contributed by atoms with Crippen LogP contribution in [0, 0.1) is 0 Å². The molecule has 1 atom stereocenters. The third-order valence-corrected chi connectivity index (χ3v) is 2.52. The Kier molecular flexibility index (Phi) is 2.96. The van der Waals surface area contributed by atoms with Crippen LogP contribution in [0.25, 0.3) is 0 Å². The van der Waals surface area contributed by atoms with Gasteiger partial charge in [-0.3, -0.25) is 14.5 Å². The Hall–Kier alpha value is -2.45. The van der Waals surface area contributed by atoms with Crippen molar-refractivity contribution in [3.63, 3.8) is 0 Å². The number of nitrogens with one attached hydrogen (secondary N) is 2. The van der Waals surface area contributed by atoms with Gasteiger partial charge in [0, 0.05) is 14.1 Å². The minimum atomic E-state index is -0.482. The summed E-state index contributed by atoms with van der Waals surface area (Å²) in [7, 11) is 2.88. The Morgan fingerprint density at radius 1 is 1.39 bits per heavy atom. The van der Waals surface area contributed by atoms with Crippen molar-refractivity contribution < 1.29 is 0 Å². The van der Waals surface area contributed by atoms with Gasteiger partial charge in [-0.15, -0.1) is 5.10 Å². The number of nitrogens with zero attached hydrogens (tertiary/aromatic N) is 5. The second-order valence-corrected chi connectivity index (χ2v) is 3.86. The van der Waals surface area contributed by atoms with E-state index in [2.05, 4.69) is 25.6 Å². The van der Waals surface area contributed by atoms with Gasteiger partial charge in [-0.25, -0.2) is 14.5 Å². The topological polar surface area (TPSA) is 110 Å². The molecule has 1 unspecified atom stereocenters. The van der Waals surface area contributed by atoms with Crippen molar-refractivity contribution in [1.29, 1.82) is 0 Å². The van der Waals surface area contributed by atoms with Gasteiger partial charge in [0.05, 0.1) is 6.04 Å². The van der Waals surface area contributed by atoms with Crippen LogP contribution < -0.4 is 16.6 Å². The Labute approximate surface area is 101 Å². The van der Waals surface area contributed by atoms with Crippen LogP contribution in [0.2, 0.25) is 0 Å². The maximum absolute atomic E-state index is 11.8. The smallest absolute Gasteiger partial charge is 0.346 e. The molecule has 96 valence electrons. The molecule has 0 fully saturated rings. The van der Waals surface area contributed by atoms with Gasteiger partial charge in [-0.1, -0.05) is 0 Å². The molecule has 0 radical (unpaired) electrons. The SMILES string of the molecule is CC(Nc1nn(C)c(=O)n(C)c1=O)c1ncn[nH]1. The Balaban J connectivity index is 2.36. The monoisotopic (exact) mass is 251 g/mol. The van der Waals surface area contributed by atoms with Crippen molar-refractivity contribution in [1.82, 2.24) is 29.5 Å². The number of rotatable bonds is 3. The summed E-state index contributed by atoms with van der Waals surface area (Å²) in [6.07, 6.45) is 1.37. The molecule has 0 aromatic carbocycles. The lowest BCUT2D eigenvalue weighted by Crippen LogP contribution is -2.40. The average molecular weight is 251 g/mol. The van der Waals surface area contributed by atoms with E-state index in [0.29, 0.717) is 5.82 Å². The van der Waals surface area contributed by atoms with Crippen LogP contribution in [0.3, 0.4) is 0 Å². The van der Waals surface area contributed by atoms with Gasteiger partial charge in [0.25, 0.3) is 5.56 Å². The molecule has 0 aliphatic rings. The fourth-order valence-electron chi connectivity index (χ4n) is 1.49. The fraction of sp³-hybridized carbons (Fsp3) is 0.444. The molecule has 9 nitrogen and oxygen atoms in total. The van der Waals surface area contributed by atoms with E-state index in [1.165, 1.54) is 20.4 Å². The molecule has 0 aliphatic heterocycles. The summed E-state index contributed by atoms with van der Waals surface area (Å²) in [5, 5.41) is 13.2. The van der Waals surface area contributed by atoms with Crippen molar-refractivity contribution in [3.8, 4) is 0 Å². The largest absolute Gasteiger partial charge is 0.354 e.